The lowest BCUT2D eigenvalue weighted by atomic mass is 10.0. The fourth-order valence-electron chi connectivity index (χ4n) is 1.28. The molecule has 0 saturated carbocycles. The van der Waals surface area contributed by atoms with Crippen LogP contribution in [0.4, 0.5) is 0 Å². The SMILES string of the molecule is C=CCNC(=NCC(CC)CC)NCC. The van der Waals surface area contributed by atoms with E-state index in [1.54, 1.807) is 0 Å². The summed E-state index contributed by atoms with van der Waals surface area (Å²) >= 11 is 0. The van der Waals surface area contributed by atoms with Crippen LogP contribution >= 0.6 is 0 Å². The Morgan fingerprint density at radius 1 is 1.27 bits per heavy atom. The quantitative estimate of drug-likeness (QED) is 0.385. The first-order valence-corrected chi connectivity index (χ1v) is 5.91. The molecule has 0 bridgehead atoms. The van der Waals surface area contributed by atoms with Gasteiger partial charge < -0.3 is 10.6 Å². The molecule has 0 aliphatic heterocycles. The van der Waals surface area contributed by atoms with Gasteiger partial charge in [-0.2, -0.15) is 0 Å². The first kappa shape index (κ1) is 14.0. The fraction of sp³-hybridized carbons (Fsp3) is 0.750. The summed E-state index contributed by atoms with van der Waals surface area (Å²) in [5.41, 5.74) is 0. The number of rotatable bonds is 7. The third kappa shape index (κ3) is 7.00. The molecule has 0 amide bonds. The number of nitrogens with zero attached hydrogens (tertiary/aromatic N) is 1. The maximum atomic E-state index is 4.54. The second kappa shape index (κ2) is 9.56. The third-order valence-electron chi connectivity index (χ3n) is 2.42. The molecule has 0 atom stereocenters. The molecule has 0 radical (unpaired) electrons. The minimum Gasteiger partial charge on any atom is -0.357 e. The van der Waals surface area contributed by atoms with Crippen LogP contribution in [0.25, 0.3) is 0 Å². The summed E-state index contributed by atoms with van der Waals surface area (Å²) in [6.07, 6.45) is 4.23. The van der Waals surface area contributed by atoms with E-state index in [1.807, 2.05) is 6.08 Å². The van der Waals surface area contributed by atoms with Crippen LogP contribution in [-0.4, -0.2) is 25.6 Å². The molecule has 0 saturated heterocycles. The highest BCUT2D eigenvalue weighted by Gasteiger charge is 2.02. The lowest BCUT2D eigenvalue weighted by Gasteiger charge is -2.12. The van der Waals surface area contributed by atoms with Crippen molar-refractivity contribution in [3.63, 3.8) is 0 Å². The number of hydrogen-bond acceptors (Lipinski definition) is 1. The zero-order valence-corrected chi connectivity index (χ0v) is 10.3. The van der Waals surface area contributed by atoms with E-state index in [0.717, 1.165) is 25.6 Å². The molecule has 0 aliphatic rings. The van der Waals surface area contributed by atoms with Crippen molar-refractivity contribution in [1.29, 1.82) is 0 Å². The van der Waals surface area contributed by atoms with Gasteiger partial charge in [0, 0.05) is 19.6 Å². The van der Waals surface area contributed by atoms with Crippen molar-refractivity contribution in [1.82, 2.24) is 10.6 Å². The van der Waals surface area contributed by atoms with Crippen molar-refractivity contribution in [2.45, 2.75) is 33.6 Å². The van der Waals surface area contributed by atoms with E-state index in [9.17, 15) is 0 Å². The molecule has 88 valence electrons. The summed E-state index contributed by atoms with van der Waals surface area (Å²) in [6.45, 7) is 12.7. The average molecular weight is 211 g/mol. The maximum absolute atomic E-state index is 4.54. The van der Waals surface area contributed by atoms with Gasteiger partial charge in [0.2, 0.25) is 0 Å². The average Bonchev–Trinajstić information content (AvgIpc) is 2.27. The minimum atomic E-state index is 0.698. The topological polar surface area (TPSA) is 36.4 Å². The summed E-state index contributed by atoms with van der Waals surface area (Å²) in [5.74, 6) is 1.59. The fourth-order valence-corrected chi connectivity index (χ4v) is 1.28. The van der Waals surface area contributed by atoms with Gasteiger partial charge in [0.1, 0.15) is 0 Å². The number of aliphatic imine (C=N–C) groups is 1. The highest BCUT2D eigenvalue weighted by Crippen LogP contribution is 2.06. The smallest absolute Gasteiger partial charge is 0.191 e. The van der Waals surface area contributed by atoms with E-state index in [-0.39, 0.29) is 0 Å². The van der Waals surface area contributed by atoms with E-state index >= 15 is 0 Å². The summed E-state index contributed by atoms with van der Waals surface area (Å²) < 4.78 is 0. The van der Waals surface area contributed by atoms with E-state index in [1.165, 1.54) is 12.8 Å². The zero-order valence-electron chi connectivity index (χ0n) is 10.3. The summed E-state index contributed by atoms with van der Waals surface area (Å²) in [4.78, 5) is 4.54. The van der Waals surface area contributed by atoms with Gasteiger partial charge >= 0.3 is 0 Å². The van der Waals surface area contributed by atoms with Crippen LogP contribution in [0.1, 0.15) is 33.6 Å². The van der Waals surface area contributed by atoms with Crippen LogP contribution in [0.15, 0.2) is 17.6 Å². The van der Waals surface area contributed by atoms with Gasteiger partial charge in [0.15, 0.2) is 5.96 Å². The molecule has 0 aromatic heterocycles. The van der Waals surface area contributed by atoms with Gasteiger partial charge in [0.25, 0.3) is 0 Å². The van der Waals surface area contributed by atoms with Crippen LogP contribution in [0.2, 0.25) is 0 Å². The Bertz CT molecular complexity index is 183. The monoisotopic (exact) mass is 211 g/mol. The highest BCUT2D eigenvalue weighted by atomic mass is 15.2. The standard InChI is InChI=1S/C12H25N3/c1-5-9-14-12(13-8-4)15-10-11(6-2)7-3/h5,11H,1,6-10H2,2-4H3,(H2,13,14,15). The largest absolute Gasteiger partial charge is 0.357 e. The zero-order chi connectivity index (χ0) is 11.5. The summed E-state index contributed by atoms with van der Waals surface area (Å²) in [5, 5.41) is 6.41. The molecule has 0 heterocycles. The lowest BCUT2D eigenvalue weighted by molar-refractivity contribution is 0.504. The van der Waals surface area contributed by atoms with Crippen molar-refractivity contribution in [3.05, 3.63) is 12.7 Å². The van der Waals surface area contributed by atoms with Gasteiger partial charge in [0.05, 0.1) is 0 Å². The second-order valence-electron chi connectivity index (χ2n) is 3.57. The normalized spacial score (nSPS) is 11.6. The van der Waals surface area contributed by atoms with Crippen LogP contribution in [0, 0.1) is 5.92 Å². The van der Waals surface area contributed by atoms with Gasteiger partial charge in [-0.05, 0) is 12.8 Å². The molecule has 0 rings (SSSR count). The molecule has 15 heavy (non-hydrogen) atoms. The molecule has 3 nitrogen and oxygen atoms in total. The van der Waals surface area contributed by atoms with Crippen molar-refractivity contribution < 1.29 is 0 Å². The molecular formula is C12H25N3. The number of nitrogens with one attached hydrogen (secondary N) is 2. The molecule has 0 unspecified atom stereocenters. The first-order chi connectivity index (χ1) is 7.28. The predicted octanol–water partition coefficient (Wildman–Crippen LogP) is 2.16. The lowest BCUT2D eigenvalue weighted by Crippen LogP contribution is -2.37. The Labute approximate surface area is 94.1 Å². The third-order valence-corrected chi connectivity index (χ3v) is 2.42. The Morgan fingerprint density at radius 3 is 2.40 bits per heavy atom. The second-order valence-corrected chi connectivity index (χ2v) is 3.57. The van der Waals surface area contributed by atoms with Crippen LogP contribution in [0.5, 0.6) is 0 Å². The summed E-state index contributed by atoms with van der Waals surface area (Å²) in [6, 6.07) is 0. The molecule has 0 aromatic carbocycles. The van der Waals surface area contributed by atoms with E-state index < -0.39 is 0 Å². The van der Waals surface area contributed by atoms with Gasteiger partial charge in [-0.15, -0.1) is 6.58 Å². The van der Waals surface area contributed by atoms with Crippen LogP contribution in [0.3, 0.4) is 0 Å². The van der Waals surface area contributed by atoms with Crippen molar-refractivity contribution in [2.75, 3.05) is 19.6 Å². The van der Waals surface area contributed by atoms with Gasteiger partial charge in [-0.25, -0.2) is 0 Å². The Hall–Kier alpha value is -0.990. The molecule has 0 spiro atoms. The Balaban J connectivity index is 4.07. The van der Waals surface area contributed by atoms with Crippen LogP contribution in [-0.2, 0) is 0 Å². The van der Waals surface area contributed by atoms with E-state index in [0.29, 0.717) is 5.92 Å². The summed E-state index contributed by atoms with van der Waals surface area (Å²) in [7, 11) is 0. The predicted molar refractivity (Wildman–Crippen MR) is 68.3 cm³/mol. The molecule has 0 fully saturated rings. The van der Waals surface area contributed by atoms with Crippen LogP contribution < -0.4 is 10.6 Å². The number of hydrogen-bond donors (Lipinski definition) is 2. The molecule has 2 N–H and O–H groups in total. The van der Waals surface area contributed by atoms with Crippen molar-refractivity contribution in [2.24, 2.45) is 10.9 Å². The van der Waals surface area contributed by atoms with E-state index in [4.69, 9.17) is 0 Å². The molecule has 0 aromatic rings. The maximum Gasteiger partial charge on any atom is 0.191 e. The molecule has 0 aliphatic carbocycles. The molecule has 3 heteroatoms. The van der Waals surface area contributed by atoms with Crippen molar-refractivity contribution in [3.8, 4) is 0 Å². The molecular weight excluding hydrogens is 186 g/mol. The Morgan fingerprint density at radius 2 is 1.93 bits per heavy atom. The first-order valence-electron chi connectivity index (χ1n) is 5.91. The number of guanidine groups is 1. The van der Waals surface area contributed by atoms with Crippen molar-refractivity contribution >= 4 is 5.96 Å². The Kier molecular flexibility index (Phi) is 8.93. The van der Waals surface area contributed by atoms with Gasteiger partial charge in [-0.1, -0.05) is 32.8 Å². The highest BCUT2D eigenvalue weighted by molar-refractivity contribution is 5.79. The van der Waals surface area contributed by atoms with E-state index in [2.05, 4.69) is 43.0 Å². The minimum absolute atomic E-state index is 0.698. The van der Waals surface area contributed by atoms with Gasteiger partial charge in [-0.3, -0.25) is 4.99 Å².